The molecule has 0 N–H and O–H groups in total. The third-order valence-electron chi connectivity index (χ3n) is 13.6. The molecule has 66 heavy (non-hydrogen) atoms. The minimum Gasteiger partial charge on any atom is -0.659 e. The van der Waals surface area contributed by atoms with Gasteiger partial charge in [0.05, 0.1) is 28.4 Å². The summed E-state index contributed by atoms with van der Waals surface area (Å²) in [6.45, 7) is 0. The third-order valence-corrected chi connectivity index (χ3v) is 13.6. The van der Waals surface area contributed by atoms with Crippen molar-refractivity contribution in [2.75, 3.05) is 4.90 Å². The standard InChI is InChI=1S/C59H38F3N4/c60-59(61,62)41-31-29-36-27-28-39(33-40(36)34-41)58-63-56(49-32-30-37-13-4-5-18-44(37)57(49)64-58)38-14-10-17-43(35-38)66-51-24-9-7-20-48(51)55-46(22-12-26-53(55)66)45-21-11-25-52-54(45)47-19-6-8-23-50(47)65(52)42-15-2-1-3-16-42/h1-35,47,50,58H/q-1. The number of hydrogen-bond acceptors (Lipinski definition) is 2. The molecule has 3 unspecified atom stereocenters. The minimum atomic E-state index is -4.45. The molecular formula is C59H38F3N4-. The van der Waals surface area contributed by atoms with E-state index in [-0.39, 0.29) is 12.0 Å². The van der Waals surface area contributed by atoms with Gasteiger partial charge in [-0.3, -0.25) is 4.99 Å². The smallest absolute Gasteiger partial charge is 0.416 e. The lowest BCUT2D eigenvalue weighted by Crippen LogP contribution is -2.28. The first kappa shape index (κ1) is 38.3. The highest BCUT2D eigenvalue weighted by atomic mass is 19.4. The van der Waals surface area contributed by atoms with E-state index in [1.54, 1.807) is 6.07 Å². The zero-order chi connectivity index (χ0) is 44.1. The van der Waals surface area contributed by atoms with E-state index in [0.29, 0.717) is 10.9 Å². The molecule has 0 bridgehead atoms. The van der Waals surface area contributed by atoms with Crippen LogP contribution in [-0.2, 0) is 6.18 Å². The number of rotatable bonds is 5. The molecule has 0 spiro atoms. The Morgan fingerprint density at radius 1 is 0.530 bits per heavy atom. The van der Waals surface area contributed by atoms with Crippen LogP contribution >= 0.6 is 0 Å². The van der Waals surface area contributed by atoms with E-state index in [1.807, 2.05) is 24.3 Å². The van der Waals surface area contributed by atoms with Crippen molar-refractivity contribution in [3.63, 3.8) is 0 Å². The summed E-state index contributed by atoms with van der Waals surface area (Å²) < 4.78 is 43.9. The number of para-hydroxylation sites is 2. The fraction of sp³-hybridized carbons (Fsp3) is 0.0678. The SMILES string of the molecule is FC(F)(F)c1ccc2ccc(C3N=C(c4cccc(-n5c6ccccc6c6c(-c7cccc8c7C7C=CC=CC7N8c7ccccc7)cccc65)c4)c4ccc5ccccc5c4[N-]3)cc2c1. The molecule has 0 fully saturated rings. The number of aromatic nitrogens is 1. The first-order valence-electron chi connectivity index (χ1n) is 22.2. The van der Waals surface area contributed by atoms with E-state index >= 15 is 0 Å². The number of nitrogens with zero attached hydrogens (tertiary/aromatic N) is 4. The van der Waals surface area contributed by atoms with Crippen LogP contribution in [-0.4, -0.2) is 16.3 Å². The largest absolute Gasteiger partial charge is 0.659 e. The Morgan fingerprint density at radius 3 is 2.15 bits per heavy atom. The van der Waals surface area contributed by atoms with Gasteiger partial charge in [0, 0.05) is 45.5 Å². The summed E-state index contributed by atoms with van der Waals surface area (Å²) >= 11 is 0. The molecule has 0 radical (unpaired) electrons. The number of anilines is 2. The summed E-state index contributed by atoms with van der Waals surface area (Å²) in [6.07, 6.45) is 3.88. The summed E-state index contributed by atoms with van der Waals surface area (Å²) in [4.78, 5) is 7.83. The Morgan fingerprint density at radius 2 is 1.26 bits per heavy atom. The Bertz CT molecular complexity index is 3710. The van der Waals surface area contributed by atoms with Gasteiger partial charge in [0.1, 0.15) is 0 Å². The lowest BCUT2D eigenvalue weighted by atomic mass is 9.85. The van der Waals surface area contributed by atoms with E-state index in [9.17, 15) is 13.2 Å². The van der Waals surface area contributed by atoms with Crippen molar-refractivity contribution in [1.29, 1.82) is 0 Å². The quantitative estimate of drug-likeness (QED) is 0.170. The molecule has 2 aliphatic heterocycles. The third kappa shape index (κ3) is 5.96. The van der Waals surface area contributed by atoms with Crippen LogP contribution in [0.15, 0.2) is 217 Å². The molecule has 1 aliphatic carbocycles. The van der Waals surface area contributed by atoms with Gasteiger partial charge in [-0.2, -0.15) is 13.2 Å². The van der Waals surface area contributed by atoms with Gasteiger partial charge in [-0.25, -0.2) is 0 Å². The number of aliphatic imine (C=N–C) groups is 1. The van der Waals surface area contributed by atoms with Crippen molar-refractivity contribution in [2.45, 2.75) is 24.3 Å². The molecule has 0 amide bonds. The van der Waals surface area contributed by atoms with Crippen molar-refractivity contribution < 1.29 is 13.2 Å². The molecule has 0 saturated heterocycles. The molecular weight excluding hydrogens is 822 g/mol. The average Bonchev–Trinajstić information content (AvgIpc) is 3.89. The lowest BCUT2D eigenvalue weighted by molar-refractivity contribution is -0.137. The number of halogens is 3. The van der Waals surface area contributed by atoms with Crippen LogP contribution < -0.4 is 4.90 Å². The van der Waals surface area contributed by atoms with Gasteiger partial charge in [0.2, 0.25) is 0 Å². The van der Waals surface area contributed by atoms with Gasteiger partial charge < -0.3 is 14.8 Å². The first-order valence-corrected chi connectivity index (χ1v) is 22.2. The zero-order valence-corrected chi connectivity index (χ0v) is 35.4. The molecule has 3 heterocycles. The van der Waals surface area contributed by atoms with Gasteiger partial charge in [0.25, 0.3) is 0 Å². The summed E-state index contributed by atoms with van der Waals surface area (Å²) in [7, 11) is 0. The van der Waals surface area contributed by atoms with Crippen molar-refractivity contribution in [3.05, 3.63) is 245 Å². The predicted octanol–water partition coefficient (Wildman–Crippen LogP) is 16.1. The maximum Gasteiger partial charge on any atom is 0.416 e. The maximum atomic E-state index is 13.8. The first-order chi connectivity index (χ1) is 32.4. The predicted molar refractivity (Wildman–Crippen MR) is 264 cm³/mol. The monoisotopic (exact) mass is 859 g/mol. The maximum absolute atomic E-state index is 13.8. The van der Waals surface area contributed by atoms with Gasteiger partial charge in [-0.1, -0.05) is 158 Å². The van der Waals surface area contributed by atoms with Crippen molar-refractivity contribution in [1.82, 2.24) is 4.57 Å². The second-order valence-corrected chi connectivity index (χ2v) is 17.3. The number of benzene rings is 9. The highest BCUT2D eigenvalue weighted by Crippen LogP contribution is 2.53. The molecule has 3 atom stereocenters. The van der Waals surface area contributed by atoms with Crippen LogP contribution in [0, 0.1) is 0 Å². The summed E-state index contributed by atoms with van der Waals surface area (Å²) in [5.41, 5.74) is 12.7. The van der Waals surface area contributed by atoms with E-state index in [0.717, 1.165) is 66.9 Å². The van der Waals surface area contributed by atoms with Crippen molar-refractivity contribution in [2.24, 2.45) is 4.99 Å². The molecule has 1 aromatic heterocycles. The molecule has 316 valence electrons. The van der Waals surface area contributed by atoms with Crippen LogP contribution in [0.4, 0.5) is 30.2 Å². The summed E-state index contributed by atoms with van der Waals surface area (Å²) in [5.74, 6) is 0.181. The van der Waals surface area contributed by atoms with Gasteiger partial charge >= 0.3 is 6.18 Å². The van der Waals surface area contributed by atoms with Crippen molar-refractivity contribution in [3.8, 4) is 16.8 Å². The van der Waals surface area contributed by atoms with Crippen LogP contribution in [0.5, 0.6) is 0 Å². The van der Waals surface area contributed by atoms with Crippen molar-refractivity contribution >= 4 is 66.1 Å². The fourth-order valence-corrected chi connectivity index (χ4v) is 10.7. The zero-order valence-electron chi connectivity index (χ0n) is 35.4. The number of alkyl halides is 3. The molecule has 9 aromatic carbocycles. The highest BCUT2D eigenvalue weighted by molar-refractivity contribution is 6.22. The van der Waals surface area contributed by atoms with Crippen LogP contribution in [0.1, 0.15) is 39.9 Å². The van der Waals surface area contributed by atoms with E-state index in [1.165, 1.54) is 45.6 Å². The topological polar surface area (TPSA) is 34.6 Å². The number of hydrogen-bond donors (Lipinski definition) is 0. The molecule has 10 aromatic rings. The summed E-state index contributed by atoms with van der Waals surface area (Å²) in [5, 5.41) is 10.8. The lowest BCUT2D eigenvalue weighted by Gasteiger charge is -2.39. The van der Waals surface area contributed by atoms with Crippen LogP contribution in [0.3, 0.4) is 0 Å². The Kier molecular flexibility index (Phi) is 8.53. The van der Waals surface area contributed by atoms with Gasteiger partial charge in [-0.15, -0.1) is 5.69 Å². The van der Waals surface area contributed by atoms with Gasteiger partial charge in [-0.05, 0) is 104 Å². The number of fused-ring (bicyclic) bond motifs is 10. The molecule has 3 aliphatic rings. The minimum absolute atomic E-state index is 0.165. The fourth-order valence-electron chi connectivity index (χ4n) is 10.7. The molecule has 7 heteroatoms. The number of allylic oxidation sites excluding steroid dienone is 2. The molecule has 4 nitrogen and oxygen atoms in total. The van der Waals surface area contributed by atoms with E-state index < -0.39 is 17.9 Å². The van der Waals surface area contributed by atoms with Crippen LogP contribution in [0.2, 0.25) is 0 Å². The second kappa shape index (κ2) is 14.7. The van der Waals surface area contributed by atoms with E-state index in [2.05, 4.69) is 173 Å². The van der Waals surface area contributed by atoms with E-state index in [4.69, 9.17) is 10.3 Å². The molecule has 13 rings (SSSR count). The Balaban J connectivity index is 0.978. The molecule has 0 saturated carbocycles. The highest BCUT2D eigenvalue weighted by Gasteiger charge is 2.39. The van der Waals surface area contributed by atoms with Crippen LogP contribution in [0.25, 0.3) is 65.5 Å². The Hall–Kier alpha value is -8.16. The second-order valence-electron chi connectivity index (χ2n) is 17.3. The average molecular weight is 860 g/mol. The Labute approximate surface area is 378 Å². The summed E-state index contributed by atoms with van der Waals surface area (Å²) in [6, 6.07) is 63.2. The van der Waals surface area contributed by atoms with Gasteiger partial charge in [0.15, 0.2) is 0 Å². The normalized spacial score (nSPS) is 17.5.